The fourth-order valence-corrected chi connectivity index (χ4v) is 0.594. The van der Waals surface area contributed by atoms with Gasteiger partial charge in [-0.2, -0.15) is 0 Å². The first-order chi connectivity index (χ1) is 7.33. The van der Waals surface area contributed by atoms with Gasteiger partial charge in [0.05, 0.1) is 7.11 Å². The number of halogens is 1. The van der Waals surface area contributed by atoms with Crippen molar-refractivity contribution >= 4 is 0 Å². The van der Waals surface area contributed by atoms with Crippen LogP contribution in [-0.4, -0.2) is 7.11 Å². The molecule has 0 atom stereocenters. The Balaban J connectivity index is -0.0000000900. The average Bonchev–Trinajstić information content (AvgIpc) is 2.36. The molecule has 16 heavy (non-hydrogen) atoms. The summed E-state index contributed by atoms with van der Waals surface area (Å²) in [7, 11) is 1.51. The van der Waals surface area contributed by atoms with Crippen LogP contribution in [0.1, 0.15) is 0 Å². The molecular formula is C10H7CrFO4. The van der Waals surface area contributed by atoms with Crippen molar-refractivity contribution in [3.63, 3.8) is 0 Å². The predicted molar refractivity (Wildman–Crippen MR) is 44.7 cm³/mol. The maximum Gasteiger partial charge on any atom is 0 e. The molecule has 0 fully saturated rings. The van der Waals surface area contributed by atoms with Crippen LogP contribution < -0.4 is 4.74 Å². The van der Waals surface area contributed by atoms with Gasteiger partial charge in [0.2, 0.25) is 0 Å². The van der Waals surface area contributed by atoms with Crippen LogP contribution in [0.5, 0.6) is 5.75 Å². The second kappa shape index (κ2) is 23.5. The Kier molecular flexibility index (Phi) is 35.4. The predicted octanol–water partition coefficient (Wildman–Crippen LogP) is 1.72. The van der Waals surface area contributed by atoms with Crippen LogP contribution in [0.2, 0.25) is 0 Å². The van der Waals surface area contributed by atoms with E-state index in [0.717, 1.165) is 0 Å². The summed E-state index contributed by atoms with van der Waals surface area (Å²) in [6, 6.07) is 6.01. The Hall–Kier alpha value is -1.30. The number of ether oxygens (including phenoxy) is 1. The second-order valence-electron chi connectivity index (χ2n) is 1.66. The van der Waals surface area contributed by atoms with Crippen molar-refractivity contribution in [2.24, 2.45) is 0 Å². The van der Waals surface area contributed by atoms with E-state index in [9.17, 15) is 4.39 Å². The van der Waals surface area contributed by atoms with E-state index in [1.807, 2.05) is 0 Å². The van der Waals surface area contributed by atoms with E-state index in [1.54, 1.807) is 12.1 Å². The molecule has 0 N–H and O–H groups in total. The summed E-state index contributed by atoms with van der Waals surface area (Å²) in [5.74, 6) is 0.282. The summed E-state index contributed by atoms with van der Waals surface area (Å²) >= 11 is 0. The first-order valence-corrected chi connectivity index (χ1v) is 3.24. The molecule has 0 unspecified atom stereocenters. The fraction of sp³-hybridized carbons (Fsp3) is 0.100. The molecule has 1 rings (SSSR count). The van der Waals surface area contributed by atoms with Crippen molar-refractivity contribution in [2.75, 3.05) is 7.11 Å². The van der Waals surface area contributed by atoms with E-state index in [1.165, 1.54) is 19.2 Å². The summed E-state index contributed by atoms with van der Waals surface area (Å²) in [5.41, 5.74) is 0. The number of hydrogen-bond donors (Lipinski definition) is 0. The maximum absolute atomic E-state index is 12.3. The zero-order valence-corrected chi connectivity index (χ0v) is 9.50. The van der Waals surface area contributed by atoms with Gasteiger partial charge in [-0.25, -0.2) is 4.39 Å². The van der Waals surface area contributed by atoms with E-state index in [4.69, 9.17) is 18.7 Å². The smallest absolute Gasteiger partial charge is 0 e. The van der Waals surface area contributed by atoms with Gasteiger partial charge >= 0.3 is 33.9 Å². The van der Waals surface area contributed by atoms with E-state index < -0.39 is 0 Å². The van der Waals surface area contributed by atoms with Gasteiger partial charge in [-0.1, -0.05) is 6.07 Å². The Bertz CT molecular complexity index is 295. The molecule has 0 radical (unpaired) electrons. The average molecular weight is 262 g/mol. The molecule has 4 nitrogen and oxygen atoms in total. The third-order valence-electron chi connectivity index (χ3n) is 1.03. The topological polar surface area (TPSA) is 68.9 Å². The van der Waals surface area contributed by atoms with E-state index in [2.05, 4.69) is 20.0 Å². The SMILES string of the molecule is COc1cccc(F)c1.[C-]#[O+].[C-]#[O+].[C-]#[O+].[Cr]. The van der Waals surface area contributed by atoms with Crippen LogP contribution in [0.4, 0.5) is 4.39 Å². The molecule has 6 heteroatoms. The monoisotopic (exact) mass is 262 g/mol. The van der Waals surface area contributed by atoms with Crippen molar-refractivity contribution in [1.82, 2.24) is 0 Å². The molecule has 84 valence electrons. The molecule has 0 aliphatic carbocycles. The molecule has 0 saturated heterocycles. The number of methoxy groups -OCH3 is 1. The second-order valence-corrected chi connectivity index (χ2v) is 1.66. The van der Waals surface area contributed by atoms with Crippen molar-refractivity contribution < 1.29 is 40.4 Å². The van der Waals surface area contributed by atoms with Gasteiger partial charge in [-0.05, 0) is 12.1 Å². The van der Waals surface area contributed by atoms with Crippen LogP contribution in [-0.2, 0) is 31.3 Å². The molecular weight excluding hydrogens is 255 g/mol. The molecule has 0 amide bonds. The van der Waals surface area contributed by atoms with Gasteiger partial charge in [-0.3, -0.25) is 0 Å². The Morgan fingerprint density at radius 2 is 1.50 bits per heavy atom. The van der Waals surface area contributed by atoms with E-state index in [-0.39, 0.29) is 23.2 Å². The van der Waals surface area contributed by atoms with Crippen LogP contribution in [0.25, 0.3) is 0 Å². The molecule has 0 aliphatic heterocycles. The largest absolute Gasteiger partial charge is 0 e. The van der Waals surface area contributed by atoms with Gasteiger partial charge < -0.3 is 4.74 Å². The molecule has 0 saturated carbocycles. The van der Waals surface area contributed by atoms with Crippen LogP contribution in [0, 0.1) is 25.8 Å². The summed E-state index contributed by atoms with van der Waals surface area (Å²) in [6.45, 7) is 13.5. The van der Waals surface area contributed by atoms with Crippen molar-refractivity contribution in [3.8, 4) is 5.75 Å². The summed E-state index contributed by atoms with van der Waals surface area (Å²) in [6.07, 6.45) is 0. The summed E-state index contributed by atoms with van der Waals surface area (Å²) in [4.78, 5) is 0. The first kappa shape index (κ1) is 24.1. The summed E-state index contributed by atoms with van der Waals surface area (Å²) < 4.78 is 39.5. The first-order valence-electron chi connectivity index (χ1n) is 3.24. The zero-order valence-electron chi connectivity index (χ0n) is 8.23. The Morgan fingerprint density at radius 3 is 1.75 bits per heavy atom. The van der Waals surface area contributed by atoms with Gasteiger partial charge in [-0.15, -0.1) is 0 Å². The van der Waals surface area contributed by atoms with Gasteiger partial charge in [0, 0.05) is 23.4 Å². The third kappa shape index (κ3) is 15.2. The van der Waals surface area contributed by atoms with Gasteiger partial charge in [0.1, 0.15) is 11.6 Å². The van der Waals surface area contributed by atoms with Crippen LogP contribution in [0.3, 0.4) is 0 Å². The Morgan fingerprint density at radius 1 is 1.06 bits per heavy atom. The van der Waals surface area contributed by atoms with Crippen molar-refractivity contribution in [1.29, 1.82) is 0 Å². The Labute approximate surface area is 104 Å². The maximum atomic E-state index is 12.3. The van der Waals surface area contributed by atoms with Gasteiger partial charge in [0.15, 0.2) is 0 Å². The standard InChI is InChI=1S/C7H7FO.3CO.Cr/c1-9-7-4-2-3-6(8)5-7;3*1-2;/h2-5H,1H3;;;;. The molecule has 0 heterocycles. The number of rotatable bonds is 1. The van der Waals surface area contributed by atoms with E-state index in [0.29, 0.717) is 5.75 Å². The molecule has 0 aromatic heterocycles. The molecule has 0 spiro atoms. The third-order valence-corrected chi connectivity index (χ3v) is 1.03. The van der Waals surface area contributed by atoms with Crippen LogP contribution in [0.15, 0.2) is 24.3 Å². The quantitative estimate of drug-likeness (QED) is 0.561. The summed E-state index contributed by atoms with van der Waals surface area (Å²) in [5, 5.41) is 0. The number of benzene rings is 1. The minimum atomic E-state index is -0.269. The molecule has 1 aromatic rings. The molecule has 1 aromatic carbocycles. The van der Waals surface area contributed by atoms with Crippen molar-refractivity contribution in [3.05, 3.63) is 50.0 Å². The minimum Gasteiger partial charge on any atom is 0 e. The normalized spacial score (nSPS) is 5.50. The van der Waals surface area contributed by atoms with E-state index >= 15 is 0 Å². The van der Waals surface area contributed by atoms with Crippen LogP contribution >= 0.6 is 0 Å². The van der Waals surface area contributed by atoms with Crippen molar-refractivity contribution in [2.45, 2.75) is 0 Å². The number of hydrogen-bond acceptors (Lipinski definition) is 1. The minimum absolute atomic E-state index is 0. The fourth-order valence-electron chi connectivity index (χ4n) is 0.594. The van der Waals surface area contributed by atoms with Gasteiger partial charge in [0.25, 0.3) is 0 Å². The zero-order chi connectivity index (χ0) is 12.7. The molecule has 0 aliphatic rings. The molecule has 0 bridgehead atoms.